The van der Waals surface area contributed by atoms with E-state index in [4.69, 9.17) is 13.9 Å². The Hall–Kier alpha value is -2.86. The van der Waals surface area contributed by atoms with Gasteiger partial charge in [0, 0.05) is 34.4 Å². The first-order valence-corrected chi connectivity index (χ1v) is 12.3. The van der Waals surface area contributed by atoms with Gasteiger partial charge in [0.15, 0.2) is 0 Å². The number of benzene rings is 1. The SMILES string of the molecule is C/C=C(\C)C(=O)OC1C(O)CC2(C)C(COc3ccc4ccc(=O)oc4c3)C(C)=CCC2C1(C)C. The van der Waals surface area contributed by atoms with Crippen molar-refractivity contribution in [3.05, 3.63) is 64.1 Å². The fourth-order valence-corrected chi connectivity index (χ4v) is 6.36. The molecule has 1 N–H and O–H groups in total. The van der Waals surface area contributed by atoms with Gasteiger partial charge in [-0.15, -0.1) is 0 Å². The monoisotopic (exact) mass is 480 g/mol. The highest BCUT2D eigenvalue weighted by Crippen LogP contribution is 2.60. The molecule has 0 saturated heterocycles. The van der Waals surface area contributed by atoms with Crippen LogP contribution in [0.4, 0.5) is 0 Å². The molecule has 1 aromatic heterocycles. The van der Waals surface area contributed by atoms with Crippen LogP contribution in [0.2, 0.25) is 0 Å². The zero-order valence-corrected chi connectivity index (χ0v) is 21.5. The van der Waals surface area contributed by atoms with Crippen LogP contribution in [-0.2, 0) is 9.53 Å². The van der Waals surface area contributed by atoms with Gasteiger partial charge in [0.2, 0.25) is 0 Å². The molecular weight excluding hydrogens is 444 g/mol. The molecule has 1 heterocycles. The smallest absolute Gasteiger partial charge is 0.336 e. The summed E-state index contributed by atoms with van der Waals surface area (Å²) in [5.74, 6) is 0.518. The first-order chi connectivity index (χ1) is 16.5. The van der Waals surface area contributed by atoms with Crippen molar-refractivity contribution in [2.75, 3.05) is 6.61 Å². The molecule has 0 radical (unpaired) electrons. The lowest BCUT2D eigenvalue weighted by Gasteiger charge is -2.59. The van der Waals surface area contributed by atoms with Crippen LogP contribution in [0.5, 0.6) is 5.75 Å². The quantitative estimate of drug-likeness (QED) is 0.266. The number of hydrogen-bond acceptors (Lipinski definition) is 6. The molecule has 1 aromatic carbocycles. The molecule has 4 rings (SSSR count). The van der Waals surface area contributed by atoms with Crippen molar-refractivity contribution in [3.63, 3.8) is 0 Å². The summed E-state index contributed by atoms with van der Waals surface area (Å²) in [5.41, 5.74) is 1.19. The van der Waals surface area contributed by atoms with E-state index in [0.29, 0.717) is 29.9 Å². The van der Waals surface area contributed by atoms with Gasteiger partial charge < -0.3 is 19.0 Å². The summed E-state index contributed by atoms with van der Waals surface area (Å²) in [7, 11) is 0. The minimum absolute atomic E-state index is 0.0718. The number of aliphatic hydroxyl groups is 1. The van der Waals surface area contributed by atoms with E-state index in [9.17, 15) is 14.7 Å². The predicted octanol–water partition coefficient (Wildman–Crippen LogP) is 5.43. The molecule has 35 heavy (non-hydrogen) atoms. The van der Waals surface area contributed by atoms with Gasteiger partial charge in [0.1, 0.15) is 17.4 Å². The number of carbonyl (C=O) groups is 1. The Morgan fingerprint density at radius 3 is 2.66 bits per heavy atom. The summed E-state index contributed by atoms with van der Waals surface area (Å²) in [5, 5.41) is 12.1. The van der Waals surface area contributed by atoms with Crippen LogP contribution in [0.1, 0.15) is 54.4 Å². The van der Waals surface area contributed by atoms with E-state index in [0.717, 1.165) is 11.8 Å². The average Bonchev–Trinajstić information content (AvgIpc) is 2.80. The Balaban J connectivity index is 1.58. The van der Waals surface area contributed by atoms with E-state index in [1.807, 2.05) is 12.1 Å². The van der Waals surface area contributed by atoms with E-state index in [1.165, 1.54) is 11.6 Å². The van der Waals surface area contributed by atoms with E-state index >= 15 is 0 Å². The second-order valence-electron chi connectivity index (χ2n) is 11.0. The van der Waals surface area contributed by atoms with Crippen LogP contribution in [0.15, 0.2) is 62.8 Å². The average molecular weight is 481 g/mol. The molecule has 1 saturated carbocycles. The molecule has 5 unspecified atom stereocenters. The van der Waals surface area contributed by atoms with Gasteiger partial charge in [-0.2, -0.15) is 0 Å². The number of allylic oxidation sites excluding steroid dienone is 2. The number of rotatable bonds is 5. The summed E-state index contributed by atoms with van der Waals surface area (Å²) in [4.78, 5) is 24.2. The maximum absolute atomic E-state index is 12.5. The molecule has 1 fully saturated rings. The van der Waals surface area contributed by atoms with E-state index in [1.54, 1.807) is 32.1 Å². The third kappa shape index (κ3) is 4.56. The molecule has 188 valence electrons. The third-order valence-electron chi connectivity index (χ3n) is 8.45. The van der Waals surface area contributed by atoms with Gasteiger partial charge in [-0.3, -0.25) is 0 Å². The maximum Gasteiger partial charge on any atom is 0.336 e. The fourth-order valence-electron chi connectivity index (χ4n) is 6.36. The largest absolute Gasteiger partial charge is 0.493 e. The van der Waals surface area contributed by atoms with Gasteiger partial charge in [-0.25, -0.2) is 9.59 Å². The Morgan fingerprint density at radius 2 is 1.94 bits per heavy atom. The topological polar surface area (TPSA) is 86.0 Å². The molecule has 0 amide bonds. The lowest BCUT2D eigenvalue weighted by molar-refractivity contribution is -0.200. The van der Waals surface area contributed by atoms with E-state index < -0.39 is 23.2 Å². The van der Waals surface area contributed by atoms with Gasteiger partial charge in [-0.05, 0) is 63.1 Å². The number of carbonyl (C=O) groups excluding carboxylic acids is 1. The molecule has 0 aliphatic heterocycles. The second kappa shape index (κ2) is 9.30. The molecule has 2 aromatic rings. The van der Waals surface area contributed by atoms with Gasteiger partial charge in [-0.1, -0.05) is 38.5 Å². The first-order valence-electron chi connectivity index (χ1n) is 12.3. The molecule has 0 spiro atoms. The molecule has 6 nitrogen and oxygen atoms in total. The van der Waals surface area contributed by atoms with Crippen LogP contribution in [0.25, 0.3) is 11.0 Å². The van der Waals surface area contributed by atoms with E-state index in [-0.39, 0.29) is 23.2 Å². The summed E-state index contributed by atoms with van der Waals surface area (Å²) in [6.07, 6.45) is 4.00. The van der Waals surface area contributed by atoms with Crippen molar-refractivity contribution >= 4 is 16.9 Å². The maximum atomic E-state index is 12.5. The number of ether oxygens (including phenoxy) is 2. The van der Waals surface area contributed by atoms with Gasteiger partial charge in [0.05, 0.1) is 12.7 Å². The lowest BCUT2D eigenvalue weighted by Crippen LogP contribution is -2.61. The second-order valence-corrected chi connectivity index (χ2v) is 11.0. The van der Waals surface area contributed by atoms with E-state index in [2.05, 4.69) is 33.8 Å². The number of esters is 1. The molecule has 2 aliphatic carbocycles. The minimum atomic E-state index is -0.775. The molecule has 5 atom stereocenters. The highest BCUT2D eigenvalue weighted by molar-refractivity contribution is 5.87. The molecule has 2 aliphatic rings. The summed E-state index contributed by atoms with van der Waals surface area (Å²) in [6, 6.07) is 8.64. The van der Waals surface area contributed by atoms with Crippen molar-refractivity contribution in [1.29, 1.82) is 0 Å². The minimum Gasteiger partial charge on any atom is -0.493 e. The molecule has 0 bridgehead atoms. The van der Waals surface area contributed by atoms with Gasteiger partial charge >= 0.3 is 11.6 Å². The van der Waals surface area contributed by atoms with Crippen LogP contribution >= 0.6 is 0 Å². The Labute approximate surface area is 206 Å². The van der Waals surface area contributed by atoms with Crippen LogP contribution in [0.3, 0.4) is 0 Å². The molecular formula is C29H36O6. The summed E-state index contributed by atoms with van der Waals surface area (Å²) in [6.45, 7) is 12.5. The standard InChI is InChI=1S/C29H36O6/c1-7-17(2)27(32)35-26-22(30)15-29(6)21(18(3)8-12-24(29)28(26,4)5)16-33-20-11-9-19-10-13-25(31)34-23(19)14-20/h7-11,13-14,21-22,24,26,30H,12,15-16H2,1-6H3/b17-7+. The van der Waals surface area contributed by atoms with Crippen molar-refractivity contribution in [3.8, 4) is 5.75 Å². The van der Waals surface area contributed by atoms with Gasteiger partial charge in [0.25, 0.3) is 0 Å². The molecule has 6 heteroatoms. The predicted molar refractivity (Wildman–Crippen MR) is 135 cm³/mol. The normalized spacial score (nSPS) is 30.4. The lowest BCUT2D eigenvalue weighted by atomic mass is 9.47. The van der Waals surface area contributed by atoms with Crippen molar-refractivity contribution in [2.24, 2.45) is 22.7 Å². The Morgan fingerprint density at radius 1 is 1.23 bits per heavy atom. The van der Waals surface area contributed by atoms with Crippen molar-refractivity contribution in [2.45, 2.75) is 66.6 Å². The van der Waals surface area contributed by atoms with Crippen molar-refractivity contribution < 1.29 is 23.8 Å². The third-order valence-corrected chi connectivity index (χ3v) is 8.45. The highest BCUT2D eigenvalue weighted by atomic mass is 16.6. The zero-order chi connectivity index (χ0) is 25.5. The number of hydrogen-bond donors (Lipinski definition) is 1. The first kappa shape index (κ1) is 25.2. The van der Waals surface area contributed by atoms with Crippen LogP contribution in [-0.4, -0.2) is 29.9 Å². The summed E-state index contributed by atoms with van der Waals surface area (Å²) < 4.78 is 17.4. The number of fused-ring (bicyclic) bond motifs is 2. The highest BCUT2D eigenvalue weighted by Gasteiger charge is 2.59. The number of aliphatic hydroxyl groups excluding tert-OH is 1. The zero-order valence-electron chi connectivity index (χ0n) is 21.5. The summed E-state index contributed by atoms with van der Waals surface area (Å²) >= 11 is 0. The fraction of sp³-hybridized carbons (Fsp3) is 0.517. The Kier molecular flexibility index (Phi) is 6.71. The van der Waals surface area contributed by atoms with Crippen LogP contribution in [0, 0.1) is 22.7 Å². The van der Waals surface area contributed by atoms with Crippen LogP contribution < -0.4 is 10.4 Å². The Bertz CT molecular complexity index is 1240. The van der Waals surface area contributed by atoms with Crippen molar-refractivity contribution in [1.82, 2.24) is 0 Å².